The quantitative estimate of drug-likeness (QED) is 0.490. The van der Waals surface area contributed by atoms with E-state index >= 15 is 0 Å². The highest BCUT2D eigenvalue weighted by atomic mass is 79.9. The van der Waals surface area contributed by atoms with Gasteiger partial charge < -0.3 is 4.55 Å². The molecular formula is C17H19Br2FN2OS. The maximum Gasteiger partial charge on any atom is 0.136 e. The first kappa shape index (κ1) is 19.8. The van der Waals surface area contributed by atoms with Crippen molar-refractivity contribution < 1.29 is 8.94 Å². The number of nitrogens with zero attached hydrogens (tertiary/aromatic N) is 1. The summed E-state index contributed by atoms with van der Waals surface area (Å²) in [6.45, 7) is 6.09. The van der Waals surface area contributed by atoms with Crippen LogP contribution in [-0.2, 0) is 11.4 Å². The molecule has 130 valence electrons. The van der Waals surface area contributed by atoms with E-state index in [0.29, 0.717) is 11.1 Å². The van der Waals surface area contributed by atoms with E-state index in [4.69, 9.17) is 0 Å². The Bertz CT molecular complexity index is 709. The number of halogens is 3. The van der Waals surface area contributed by atoms with Gasteiger partial charge in [-0.3, -0.25) is 0 Å². The standard InChI is InChI=1S/C17H19Br2FN2OS/c1-17(2,3)24(23)21-10-13(11-5-4-6-12(20)9-11)16-14(18)7-8-15(19)22-16/h4-9,13,21H,10H2,1-3H3/t13-,24?/m0/s1. The van der Waals surface area contributed by atoms with Gasteiger partial charge in [0.1, 0.15) is 15.2 Å². The van der Waals surface area contributed by atoms with Crippen molar-refractivity contribution in [2.24, 2.45) is 0 Å². The molecule has 3 nitrogen and oxygen atoms in total. The molecule has 0 aliphatic carbocycles. The summed E-state index contributed by atoms with van der Waals surface area (Å²) in [5.74, 6) is -0.542. The van der Waals surface area contributed by atoms with E-state index in [2.05, 4.69) is 41.6 Å². The molecule has 2 aromatic rings. The van der Waals surface area contributed by atoms with E-state index in [1.807, 2.05) is 39.0 Å². The SMILES string of the molecule is CC(C)(C)[S+]([O-])NC[C@@H](c1cccc(F)c1)c1nc(Br)ccc1Br. The van der Waals surface area contributed by atoms with Gasteiger partial charge in [-0.05, 0) is 82.5 Å². The summed E-state index contributed by atoms with van der Waals surface area (Å²) in [6, 6.07) is 10.1. The number of nitrogens with one attached hydrogen (secondary N) is 1. The average Bonchev–Trinajstić information content (AvgIpc) is 2.49. The van der Waals surface area contributed by atoms with Crippen LogP contribution in [0.3, 0.4) is 0 Å². The lowest BCUT2D eigenvalue weighted by molar-refractivity contribution is 0.540. The van der Waals surface area contributed by atoms with Crippen molar-refractivity contribution >= 4 is 43.2 Å². The van der Waals surface area contributed by atoms with Crippen LogP contribution in [0.15, 0.2) is 45.5 Å². The van der Waals surface area contributed by atoms with Crippen molar-refractivity contribution in [2.75, 3.05) is 6.54 Å². The Morgan fingerprint density at radius 1 is 1.25 bits per heavy atom. The van der Waals surface area contributed by atoms with Crippen molar-refractivity contribution in [2.45, 2.75) is 31.4 Å². The van der Waals surface area contributed by atoms with Crippen molar-refractivity contribution in [1.29, 1.82) is 0 Å². The molecule has 0 fully saturated rings. The third-order valence-corrected chi connectivity index (χ3v) is 6.05. The summed E-state index contributed by atoms with van der Waals surface area (Å²) in [5, 5.41) is 0. The van der Waals surface area contributed by atoms with Crippen LogP contribution in [0, 0.1) is 5.82 Å². The second-order valence-corrected chi connectivity index (χ2v) is 10.1. The lowest BCUT2D eigenvalue weighted by atomic mass is 9.95. The predicted molar refractivity (Wildman–Crippen MR) is 104 cm³/mol. The molecule has 2 rings (SSSR count). The molecule has 1 unspecified atom stereocenters. The zero-order valence-electron chi connectivity index (χ0n) is 13.6. The van der Waals surface area contributed by atoms with Gasteiger partial charge in [-0.2, -0.15) is 0 Å². The number of rotatable bonds is 5. The van der Waals surface area contributed by atoms with Gasteiger partial charge in [0, 0.05) is 21.8 Å². The van der Waals surface area contributed by atoms with E-state index in [9.17, 15) is 8.94 Å². The van der Waals surface area contributed by atoms with E-state index in [-0.39, 0.29) is 16.5 Å². The van der Waals surface area contributed by atoms with Gasteiger partial charge in [0.05, 0.1) is 12.2 Å². The Morgan fingerprint density at radius 2 is 1.96 bits per heavy atom. The molecule has 1 heterocycles. The van der Waals surface area contributed by atoms with Crippen molar-refractivity contribution in [3.8, 4) is 0 Å². The molecule has 0 aliphatic rings. The van der Waals surface area contributed by atoms with Crippen molar-refractivity contribution in [3.63, 3.8) is 0 Å². The fourth-order valence-corrected chi connectivity index (χ4v) is 3.72. The largest absolute Gasteiger partial charge is 0.598 e. The van der Waals surface area contributed by atoms with E-state index < -0.39 is 11.4 Å². The molecule has 0 spiro atoms. The first-order chi connectivity index (χ1) is 11.2. The lowest BCUT2D eigenvalue weighted by Crippen LogP contribution is -2.41. The molecule has 0 saturated heterocycles. The van der Waals surface area contributed by atoms with Crippen LogP contribution < -0.4 is 4.72 Å². The summed E-state index contributed by atoms with van der Waals surface area (Å²) in [5.41, 5.74) is 1.54. The highest BCUT2D eigenvalue weighted by Crippen LogP contribution is 2.31. The highest BCUT2D eigenvalue weighted by Gasteiger charge is 2.29. The van der Waals surface area contributed by atoms with E-state index in [1.165, 1.54) is 12.1 Å². The molecule has 0 amide bonds. The van der Waals surface area contributed by atoms with Crippen LogP contribution in [-0.4, -0.2) is 20.8 Å². The Hall–Kier alpha value is -0.470. The van der Waals surface area contributed by atoms with Crippen LogP contribution in [0.4, 0.5) is 4.39 Å². The molecular weight excluding hydrogens is 459 g/mol. The van der Waals surface area contributed by atoms with Crippen LogP contribution in [0.25, 0.3) is 0 Å². The summed E-state index contributed by atoms with van der Waals surface area (Å²) in [7, 11) is 0. The first-order valence-electron chi connectivity index (χ1n) is 7.41. The Labute approximate surface area is 162 Å². The van der Waals surface area contributed by atoms with Crippen molar-refractivity contribution in [3.05, 3.63) is 62.5 Å². The molecule has 1 aromatic carbocycles. The fourth-order valence-electron chi connectivity index (χ4n) is 2.15. The summed E-state index contributed by atoms with van der Waals surface area (Å²) in [6.07, 6.45) is 0. The Morgan fingerprint density at radius 3 is 2.58 bits per heavy atom. The number of hydrogen-bond acceptors (Lipinski definition) is 3. The molecule has 1 N–H and O–H groups in total. The van der Waals surface area contributed by atoms with Gasteiger partial charge in [-0.25, -0.2) is 9.37 Å². The van der Waals surface area contributed by atoms with Gasteiger partial charge >= 0.3 is 0 Å². The fraction of sp³-hybridized carbons (Fsp3) is 0.353. The topological polar surface area (TPSA) is 48.0 Å². The maximum absolute atomic E-state index is 13.7. The summed E-state index contributed by atoms with van der Waals surface area (Å²) >= 11 is 5.67. The summed E-state index contributed by atoms with van der Waals surface area (Å²) < 4.78 is 30.2. The van der Waals surface area contributed by atoms with Crippen LogP contribution in [0.1, 0.15) is 37.9 Å². The van der Waals surface area contributed by atoms with Crippen molar-refractivity contribution in [1.82, 2.24) is 9.71 Å². The number of aromatic nitrogens is 1. The number of benzene rings is 1. The zero-order chi connectivity index (χ0) is 17.9. The Balaban J connectivity index is 2.37. The van der Waals surface area contributed by atoms with Crippen LogP contribution >= 0.6 is 31.9 Å². The number of pyridine rings is 1. The van der Waals surface area contributed by atoms with Gasteiger partial charge in [0.15, 0.2) is 0 Å². The predicted octanol–water partition coefficient (Wildman–Crippen LogP) is 4.93. The van der Waals surface area contributed by atoms with Crippen LogP contribution in [0.5, 0.6) is 0 Å². The minimum Gasteiger partial charge on any atom is -0.598 e. The Kier molecular flexibility index (Phi) is 6.84. The molecule has 24 heavy (non-hydrogen) atoms. The van der Waals surface area contributed by atoms with Gasteiger partial charge in [-0.1, -0.05) is 12.1 Å². The van der Waals surface area contributed by atoms with E-state index in [0.717, 1.165) is 15.7 Å². The molecule has 0 radical (unpaired) electrons. The first-order valence-corrected chi connectivity index (χ1v) is 10.1. The molecule has 7 heteroatoms. The molecule has 0 saturated carbocycles. The molecule has 0 aliphatic heterocycles. The monoisotopic (exact) mass is 476 g/mol. The molecule has 2 atom stereocenters. The maximum atomic E-state index is 13.7. The van der Waals surface area contributed by atoms with Gasteiger partial charge in [0.2, 0.25) is 0 Å². The minimum atomic E-state index is -1.22. The third-order valence-electron chi connectivity index (χ3n) is 3.39. The van der Waals surface area contributed by atoms with Crippen LogP contribution in [0.2, 0.25) is 0 Å². The lowest BCUT2D eigenvalue weighted by Gasteiger charge is -2.26. The van der Waals surface area contributed by atoms with Gasteiger partial charge in [-0.15, -0.1) is 4.72 Å². The summed E-state index contributed by atoms with van der Waals surface area (Å²) in [4.78, 5) is 4.53. The third kappa shape index (κ3) is 5.26. The van der Waals surface area contributed by atoms with Gasteiger partial charge in [0.25, 0.3) is 0 Å². The normalized spacial score (nSPS) is 14.5. The highest BCUT2D eigenvalue weighted by molar-refractivity contribution is 9.11. The minimum absolute atomic E-state index is 0.237. The molecule has 1 aromatic heterocycles. The average molecular weight is 478 g/mol. The smallest absolute Gasteiger partial charge is 0.136 e. The second-order valence-electron chi connectivity index (χ2n) is 6.34. The molecule has 0 bridgehead atoms. The number of hydrogen-bond donors (Lipinski definition) is 1. The van der Waals surface area contributed by atoms with E-state index in [1.54, 1.807) is 6.07 Å². The second kappa shape index (κ2) is 8.27. The zero-order valence-corrected chi connectivity index (χ0v) is 17.6.